The van der Waals surface area contributed by atoms with Crippen LogP contribution in [-0.2, 0) is 0 Å². The first kappa shape index (κ1) is 12.2. The number of rotatable bonds is 1. The molecule has 96 valence electrons. The van der Waals surface area contributed by atoms with Gasteiger partial charge >= 0.3 is 0 Å². The van der Waals surface area contributed by atoms with Gasteiger partial charge in [-0.1, -0.05) is 15.9 Å². The molecule has 1 aromatic heterocycles. The molecule has 0 saturated carbocycles. The number of halogens is 2. The molecule has 0 radical (unpaired) electrons. The zero-order valence-electron chi connectivity index (χ0n) is 10.2. The molecule has 3 rings (SSSR count). The summed E-state index contributed by atoms with van der Waals surface area (Å²) in [7, 11) is 0. The molecule has 3 nitrogen and oxygen atoms in total. The second-order valence-corrected chi connectivity index (χ2v) is 5.25. The molecule has 0 amide bonds. The van der Waals surface area contributed by atoms with Crippen molar-refractivity contribution in [2.45, 2.75) is 6.92 Å². The van der Waals surface area contributed by atoms with Crippen molar-refractivity contribution in [3.8, 4) is 5.69 Å². The van der Waals surface area contributed by atoms with Crippen LogP contribution in [0.4, 0.5) is 10.1 Å². The summed E-state index contributed by atoms with van der Waals surface area (Å²) < 4.78 is 16.6. The molecule has 5 heteroatoms. The Morgan fingerprint density at radius 2 is 2.00 bits per heavy atom. The number of nitrogen functional groups attached to an aromatic ring is 1. The molecule has 19 heavy (non-hydrogen) atoms. The summed E-state index contributed by atoms with van der Waals surface area (Å²) in [5.41, 5.74) is 8.47. The predicted octanol–water partition coefficient (Wildman–Crippen LogP) is 3.82. The number of imidazole rings is 1. The highest BCUT2D eigenvalue weighted by atomic mass is 79.9. The monoisotopic (exact) mass is 319 g/mol. The zero-order valence-corrected chi connectivity index (χ0v) is 11.8. The van der Waals surface area contributed by atoms with Crippen LogP contribution in [0.1, 0.15) is 5.82 Å². The van der Waals surface area contributed by atoms with E-state index >= 15 is 0 Å². The number of anilines is 1. The van der Waals surface area contributed by atoms with Crippen molar-refractivity contribution in [3.63, 3.8) is 0 Å². The first-order valence-corrected chi connectivity index (χ1v) is 6.55. The van der Waals surface area contributed by atoms with Crippen molar-refractivity contribution < 1.29 is 4.39 Å². The third-order valence-electron chi connectivity index (χ3n) is 3.00. The third-order valence-corrected chi connectivity index (χ3v) is 3.49. The van der Waals surface area contributed by atoms with Gasteiger partial charge in [0.2, 0.25) is 0 Å². The molecule has 0 aliphatic carbocycles. The van der Waals surface area contributed by atoms with E-state index in [0.29, 0.717) is 15.8 Å². The van der Waals surface area contributed by atoms with Gasteiger partial charge in [-0.3, -0.25) is 4.57 Å². The van der Waals surface area contributed by atoms with Crippen LogP contribution in [-0.4, -0.2) is 9.55 Å². The molecule has 1 heterocycles. The molecular weight excluding hydrogens is 309 g/mol. The number of aromatic nitrogens is 2. The first-order valence-electron chi connectivity index (χ1n) is 5.76. The van der Waals surface area contributed by atoms with Crippen LogP contribution >= 0.6 is 15.9 Å². The smallest absolute Gasteiger partial charge is 0.148 e. The molecule has 0 aliphatic rings. The second-order valence-electron chi connectivity index (χ2n) is 4.34. The number of nitrogens with two attached hydrogens (primary N) is 1. The lowest BCUT2D eigenvalue weighted by Crippen LogP contribution is -2.00. The van der Waals surface area contributed by atoms with Crippen LogP contribution in [0.2, 0.25) is 0 Å². The molecule has 0 atom stereocenters. The van der Waals surface area contributed by atoms with Gasteiger partial charge in [-0.2, -0.15) is 0 Å². The average molecular weight is 320 g/mol. The topological polar surface area (TPSA) is 43.8 Å². The average Bonchev–Trinajstić information content (AvgIpc) is 2.65. The molecule has 0 unspecified atom stereocenters. The normalized spacial score (nSPS) is 11.1. The summed E-state index contributed by atoms with van der Waals surface area (Å²) >= 11 is 3.26. The first-order chi connectivity index (χ1) is 9.06. The van der Waals surface area contributed by atoms with Crippen LogP contribution in [0.3, 0.4) is 0 Å². The minimum Gasteiger partial charge on any atom is -0.399 e. The lowest BCUT2D eigenvalue weighted by Gasteiger charge is -2.08. The Kier molecular flexibility index (Phi) is 2.78. The number of hydrogen-bond donors (Lipinski definition) is 1. The Labute approximate surface area is 118 Å². The molecule has 2 N–H and O–H groups in total. The van der Waals surface area contributed by atoms with E-state index in [1.807, 2.05) is 13.0 Å². The quantitative estimate of drug-likeness (QED) is 0.693. The summed E-state index contributed by atoms with van der Waals surface area (Å²) in [5.74, 6) is 0.426. The van der Waals surface area contributed by atoms with E-state index in [1.165, 1.54) is 6.07 Å². The van der Waals surface area contributed by atoms with Crippen LogP contribution < -0.4 is 5.73 Å². The van der Waals surface area contributed by atoms with Gasteiger partial charge < -0.3 is 5.73 Å². The van der Waals surface area contributed by atoms with Crippen LogP contribution in [0.25, 0.3) is 16.7 Å². The number of hydrogen-bond acceptors (Lipinski definition) is 2. The number of benzene rings is 2. The summed E-state index contributed by atoms with van der Waals surface area (Å²) in [6.45, 7) is 1.84. The van der Waals surface area contributed by atoms with Crippen molar-refractivity contribution in [1.29, 1.82) is 0 Å². The van der Waals surface area contributed by atoms with Gasteiger partial charge in [0.25, 0.3) is 0 Å². The zero-order chi connectivity index (χ0) is 13.6. The summed E-state index contributed by atoms with van der Waals surface area (Å²) in [6, 6.07) is 10.4. The molecule has 3 aromatic rings. The van der Waals surface area contributed by atoms with Gasteiger partial charge in [0.15, 0.2) is 0 Å². The van der Waals surface area contributed by atoms with E-state index in [1.54, 1.807) is 28.8 Å². The Morgan fingerprint density at radius 1 is 1.21 bits per heavy atom. The highest BCUT2D eigenvalue weighted by molar-refractivity contribution is 9.10. The molecule has 0 saturated heterocycles. The minimum absolute atomic E-state index is 0.298. The van der Waals surface area contributed by atoms with E-state index < -0.39 is 0 Å². The van der Waals surface area contributed by atoms with Crippen molar-refractivity contribution in [3.05, 3.63) is 52.5 Å². The molecule has 2 aromatic carbocycles. The van der Waals surface area contributed by atoms with E-state index in [-0.39, 0.29) is 5.82 Å². The summed E-state index contributed by atoms with van der Waals surface area (Å²) in [4.78, 5) is 4.42. The molecule has 0 aliphatic heterocycles. The largest absolute Gasteiger partial charge is 0.399 e. The Morgan fingerprint density at radius 3 is 2.74 bits per heavy atom. The Balaban J connectivity index is 2.33. The SMILES string of the molecule is Cc1nc2cc(N)ccc2n1-c1ccc(Br)cc1F. The number of aryl methyl sites for hydroxylation is 1. The van der Waals surface area contributed by atoms with Gasteiger partial charge in [0, 0.05) is 10.2 Å². The standard InChI is InChI=1S/C14H11BrFN3/c1-8-18-12-7-10(17)3-5-14(12)19(8)13-4-2-9(15)6-11(13)16/h2-7H,17H2,1H3. The predicted molar refractivity (Wildman–Crippen MR) is 77.9 cm³/mol. The maximum Gasteiger partial charge on any atom is 0.148 e. The Bertz CT molecular complexity index is 780. The van der Waals surface area contributed by atoms with Crippen molar-refractivity contribution in [1.82, 2.24) is 9.55 Å². The van der Waals surface area contributed by atoms with Crippen LogP contribution in [0.5, 0.6) is 0 Å². The van der Waals surface area contributed by atoms with E-state index in [4.69, 9.17) is 5.73 Å². The number of fused-ring (bicyclic) bond motifs is 1. The lowest BCUT2D eigenvalue weighted by molar-refractivity contribution is 0.617. The van der Waals surface area contributed by atoms with Crippen molar-refractivity contribution >= 4 is 32.7 Å². The minimum atomic E-state index is -0.298. The molecule has 0 fully saturated rings. The van der Waals surface area contributed by atoms with E-state index in [2.05, 4.69) is 20.9 Å². The maximum atomic E-state index is 14.1. The van der Waals surface area contributed by atoms with E-state index in [0.717, 1.165) is 16.9 Å². The fraction of sp³-hybridized carbons (Fsp3) is 0.0714. The molecular formula is C14H11BrFN3. The van der Waals surface area contributed by atoms with Gasteiger partial charge in [-0.25, -0.2) is 9.37 Å². The maximum absolute atomic E-state index is 14.1. The summed E-state index contributed by atoms with van der Waals surface area (Å²) in [5, 5.41) is 0. The van der Waals surface area contributed by atoms with Gasteiger partial charge in [-0.05, 0) is 43.3 Å². The molecule has 0 bridgehead atoms. The van der Waals surface area contributed by atoms with Crippen molar-refractivity contribution in [2.75, 3.05) is 5.73 Å². The Hall–Kier alpha value is -1.88. The van der Waals surface area contributed by atoms with Gasteiger partial charge in [0.05, 0.1) is 16.7 Å². The third kappa shape index (κ3) is 2.00. The van der Waals surface area contributed by atoms with Crippen molar-refractivity contribution in [2.24, 2.45) is 0 Å². The van der Waals surface area contributed by atoms with Crippen LogP contribution in [0, 0.1) is 12.7 Å². The lowest BCUT2D eigenvalue weighted by atomic mass is 10.2. The summed E-state index contributed by atoms with van der Waals surface area (Å²) in [6.07, 6.45) is 0. The van der Waals surface area contributed by atoms with E-state index in [9.17, 15) is 4.39 Å². The number of nitrogens with zero attached hydrogens (tertiary/aromatic N) is 2. The highest BCUT2D eigenvalue weighted by Gasteiger charge is 2.13. The van der Waals surface area contributed by atoms with Gasteiger partial charge in [-0.15, -0.1) is 0 Å². The van der Waals surface area contributed by atoms with Crippen LogP contribution in [0.15, 0.2) is 40.9 Å². The fourth-order valence-corrected chi connectivity index (χ4v) is 2.52. The highest BCUT2D eigenvalue weighted by Crippen LogP contribution is 2.26. The van der Waals surface area contributed by atoms with Gasteiger partial charge in [0.1, 0.15) is 11.6 Å². The molecule has 0 spiro atoms. The fourth-order valence-electron chi connectivity index (χ4n) is 2.18. The second kappa shape index (κ2) is 4.35.